The number of benzene rings is 1. The van der Waals surface area contributed by atoms with Crippen LogP contribution in [0.5, 0.6) is 0 Å². The van der Waals surface area contributed by atoms with E-state index in [1.165, 1.54) is 0 Å². The van der Waals surface area contributed by atoms with Gasteiger partial charge in [-0.2, -0.15) is 5.26 Å². The average Bonchev–Trinajstić information content (AvgIpc) is 2.15. The molecule has 1 aromatic carbocycles. The van der Waals surface area contributed by atoms with E-state index in [0.717, 1.165) is 5.56 Å². The Morgan fingerprint density at radius 2 is 2.00 bits per heavy atom. The lowest BCUT2D eigenvalue weighted by Crippen LogP contribution is -1.97. The molecule has 1 N–H and O–H groups in total. The number of aliphatic hydroxyl groups excluding tert-OH is 1. The monoisotopic (exact) mass is 161 g/mol. The maximum atomic E-state index is 8.75. The Balaban J connectivity index is 2.75. The van der Waals surface area contributed by atoms with E-state index in [4.69, 9.17) is 10.4 Å². The first-order valence-electron chi connectivity index (χ1n) is 3.94. The molecule has 0 aliphatic rings. The first-order chi connectivity index (χ1) is 5.88. The molecule has 0 fully saturated rings. The summed E-state index contributed by atoms with van der Waals surface area (Å²) in [5.74, 6) is -0.170. The summed E-state index contributed by atoms with van der Waals surface area (Å²) in [5, 5.41) is 17.4. The molecule has 0 bridgehead atoms. The zero-order valence-electron chi connectivity index (χ0n) is 6.77. The molecular formula is C10H11NO. The van der Waals surface area contributed by atoms with Gasteiger partial charge in [0.2, 0.25) is 0 Å². The van der Waals surface area contributed by atoms with Gasteiger partial charge in [0.1, 0.15) is 0 Å². The Hall–Kier alpha value is -1.33. The third-order valence-electron chi connectivity index (χ3n) is 1.78. The van der Waals surface area contributed by atoms with Crippen molar-refractivity contribution >= 4 is 0 Å². The van der Waals surface area contributed by atoms with Crippen molar-refractivity contribution in [3.63, 3.8) is 0 Å². The normalized spacial score (nSPS) is 12.0. The van der Waals surface area contributed by atoms with Crippen molar-refractivity contribution in [3.8, 4) is 6.07 Å². The average molecular weight is 161 g/mol. The van der Waals surface area contributed by atoms with E-state index >= 15 is 0 Å². The molecule has 1 rings (SSSR count). The molecule has 0 radical (unpaired) electrons. The number of aliphatic hydroxyl groups is 1. The molecule has 1 atom stereocenters. The summed E-state index contributed by atoms with van der Waals surface area (Å²) >= 11 is 0. The van der Waals surface area contributed by atoms with Crippen molar-refractivity contribution in [2.75, 3.05) is 6.61 Å². The van der Waals surface area contributed by atoms with Crippen molar-refractivity contribution in [1.29, 1.82) is 5.26 Å². The summed E-state index contributed by atoms with van der Waals surface area (Å²) in [6.07, 6.45) is 0.514. The van der Waals surface area contributed by atoms with Crippen LogP contribution in [-0.4, -0.2) is 11.7 Å². The highest BCUT2D eigenvalue weighted by Crippen LogP contribution is 2.17. The molecule has 12 heavy (non-hydrogen) atoms. The van der Waals surface area contributed by atoms with Crippen molar-refractivity contribution < 1.29 is 5.11 Å². The van der Waals surface area contributed by atoms with E-state index in [1.54, 1.807) is 0 Å². The van der Waals surface area contributed by atoms with E-state index in [2.05, 4.69) is 6.07 Å². The minimum Gasteiger partial charge on any atom is -0.396 e. The van der Waals surface area contributed by atoms with Gasteiger partial charge >= 0.3 is 0 Å². The third kappa shape index (κ3) is 2.08. The van der Waals surface area contributed by atoms with Gasteiger partial charge in [0, 0.05) is 6.61 Å². The number of hydrogen-bond acceptors (Lipinski definition) is 2. The van der Waals surface area contributed by atoms with Gasteiger partial charge in [0.25, 0.3) is 0 Å². The van der Waals surface area contributed by atoms with Gasteiger partial charge < -0.3 is 5.11 Å². The molecule has 0 saturated heterocycles. The summed E-state index contributed by atoms with van der Waals surface area (Å²) in [5.41, 5.74) is 0.981. The topological polar surface area (TPSA) is 44.0 Å². The van der Waals surface area contributed by atoms with Crippen molar-refractivity contribution in [3.05, 3.63) is 35.9 Å². The second-order valence-corrected chi connectivity index (χ2v) is 2.60. The molecule has 2 nitrogen and oxygen atoms in total. The molecule has 0 aliphatic heterocycles. The molecule has 0 heterocycles. The van der Waals surface area contributed by atoms with Crippen LogP contribution in [0.15, 0.2) is 30.3 Å². The van der Waals surface area contributed by atoms with Crippen molar-refractivity contribution in [1.82, 2.24) is 0 Å². The summed E-state index contributed by atoms with van der Waals surface area (Å²) < 4.78 is 0. The molecule has 62 valence electrons. The molecule has 0 aliphatic carbocycles. The van der Waals surface area contributed by atoms with Gasteiger partial charge in [-0.15, -0.1) is 0 Å². The van der Waals surface area contributed by atoms with E-state index in [0.29, 0.717) is 6.42 Å². The molecule has 0 saturated carbocycles. The number of nitrogens with zero attached hydrogens (tertiary/aromatic N) is 1. The second kappa shape index (κ2) is 4.53. The summed E-state index contributed by atoms with van der Waals surface area (Å²) in [6.45, 7) is 0.0626. The van der Waals surface area contributed by atoms with Crippen LogP contribution in [0.3, 0.4) is 0 Å². The lowest BCUT2D eigenvalue weighted by molar-refractivity contribution is 0.283. The van der Waals surface area contributed by atoms with Crippen LogP contribution in [0, 0.1) is 11.3 Å². The zero-order chi connectivity index (χ0) is 8.81. The van der Waals surface area contributed by atoms with Gasteiger partial charge in [0.15, 0.2) is 0 Å². The highest BCUT2D eigenvalue weighted by Gasteiger charge is 2.07. The number of hydrogen-bond donors (Lipinski definition) is 1. The van der Waals surface area contributed by atoms with Crippen LogP contribution >= 0.6 is 0 Å². The SMILES string of the molecule is N#CC(CCO)c1ccccc1. The van der Waals surface area contributed by atoms with Crippen LogP contribution < -0.4 is 0 Å². The minimum atomic E-state index is -0.170. The molecule has 0 amide bonds. The molecule has 0 aromatic heterocycles. The largest absolute Gasteiger partial charge is 0.396 e. The standard InChI is InChI=1S/C10H11NO/c11-8-10(6-7-12)9-4-2-1-3-5-9/h1-5,10,12H,6-7H2. The van der Waals surface area contributed by atoms with Crippen LogP contribution in [0.1, 0.15) is 17.9 Å². The van der Waals surface area contributed by atoms with Crippen LogP contribution in [0.2, 0.25) is 0 Å². The molecular weight excluding hydrogens is 150 g/mol. The lowest BCUT2D eigenvalue weighted by atomic mass is 9.98. The molecule has 0 spiro atoms. The molecule has 1 aromatic rings. The van der Waals surface area contributed by atoms with Crippen LogP contribution in [0.25, 0.3) is 0 Å². The van der Waals surface area contributed by atoms with Crippen molar-refractivity contribution in [2.24, 2.45) is 0 Å². The quantitative estimate of drug-likeness (QED) is 0.732. The van der Waals surface area contributed by atoms with Gasteiger partial charge in [-0.05, 0) is 12.0 Å². The fraction of sp³-hybridized carbons (Fsp3) is 0.300. The highest BCUT2D eigenvalue weighted by molar-refractivity contribution is 5.24. The lowest BCUT2D eigenvalue weighted by Gasteiger charge is -2.05. The van der Waals surface area contributed by atoms with E-state index in [9.17, 15) is 0 Å². The predicted molar refractivity (Wildman–Crippen MR) is 46.5 cm³/mol. The van der Waals surface area contributed by atoms with E-state index in [1.807, 2.05) is 30.3 Å². The fourth-order valence-corrected chi connectivity index (χ4v) is 1.12. The van der Waals surface area contributed by atoms with E-state index in [-0.39, 0.29) is 12.5 Å². The zero-order valence-corrected chi connectivity index (χ0v) is 6.77. The van der Waals surface area contributed by atoms with Gasteiger partial charge in [-0.1, -0.05) is 30.3 Å². The first kappa shape index (κ1) is 8.76. The summed E-state index contributed by atoms with van der Waals surface area (Å²) in [4.78, 5) is 0. The number of nitriles is 1. The smallest absolute Gasteiger partial charge is 0.0734 e. The van der Waals surface area contributed by atoms with Gasteiger partial charge in [-0.25, -0.2) is 0 Å². The first-order valence-corrected chi connectivity index (χ1v) is 3.94. The summed E-state index contributed by atoms with van der Waals surface area (Å²) in [7, 11) is 0. The van der Waals surface area contributed by atoms with Crippen LogP contribution in [0.4, 0.5) is 0 Å². The Bertz CT molecular complexity index is 263. The van der Waals surface area contributed by atoms with Gasteiger partial charge in [-0.3, -0.25) is 0 Å². The maximum Gasteiger partial charge on any atom is 0.0734 e. The second-order valence-electron chi connectivity index (χ2n) is 2.60. The molecule has 1 unspecified atom stereocenters. The van der Waals surface area contributed by atoms with E-state index < -0.39 is 0 Å². The maximum absolute atomic E-state index is 8.75. The van der Waals surface area contributed by atoms with Crippen LogP contribution in [-0.2, 0) is 0 Å². The fourth-order valence-electron chi connectivity index (χ4n) is 1.12. The number of rotatable bonds is 3. The third-order valence-corrected chi connectivity index (χ3v) is 1.78. The predicted octanol–water partition coefficient (Wildman–Crippen LogP) is 1.68. The Labute approximate surface area is 72.1 Å². The Morgan fingerprint density at radius 3 is 2.50 bits per heavy atom. The minimum absolute atomic E-state index is 0.0626. The van der Waals surface area contributed by atoms with Gasteiger partial charge in [0.05, 0.1) is 12.0 Å². The summed E-state index contributed by atoms with van der Waals surface area (Å²) in [6, 6.07) is 11.7. The molecule has 2 heteroatoms. The van der Waals surface area contributed by atoms with Crippen molar-refractivity contribution in [2.45, 2.75) is 12.3 Å². The highest BCUT2D eigenvalue weighted by atomic mass is 16.3. The Kier molecular flexibility index (Phi) is 3.31. The Morgan fingerprint density at radius 1 is 1.33 bits per heavy atom.